The maximum atomic E-state index is 14.1. The lowest BCUT2D eigenvalue weighted by atomic mass is 9.92. The molecule has 0 spiro atoms. The fourth-order valence-corrected chi connectivity index (χ4v) is 9.51. The second kappa shape index (κ2) is 24.9. The number of fused-ring (bicyclic) bond motifs is 4. The van der Waals surface area contributed by atoms with Crippen molar-refractivity contribution in [1.82, 2.24) is 19.9 Å². The van der Waals surface area contributed by atoms with Crippen LogP contribution in [0.2, 0.25) is 0 Å². The van der Waals surface area contributed by atoms with Crippen molar-refractivity contribution >= 4 is 68.0 Å². The average Bonchev–Trinajstić information content (AvgIpc) is 4.14. The van der Waals surface area contributed by atoms with Gasteiger partial charge in [-0.2, -0.15) is 0 Å². The highest BCUT2D eigenvalue weighted by Crippen LogP contribution is 2.24. The molecule has 0 fully saturated rings. The Labute approximate surface area is 426 Å². The van der Waals surface area contributed by atoms with E-state index in [0.717, 1.165) is 95.5 Å². The number of nitrogens with one attached hydrogen (secondary N) is 4. The lowest BCUT2D eigenvalue weighted by Crippen LogP contribution is -2.45. The van der Waals surface area contributed by atoms with Gasteiger partial charge < -0.3 is 18.9 Å². The molecule has 0 bridgehead atoms. The molecule has 4 heterocycles. The Morgan fingerprint density at radius 1 is 0.370 bits per heavy atom. The van der Waals surface area contributed by atoms with Crippen molar-refractivity contribution in [2.45, 2.75) is 131 Å². The van der Waals surface area contributed by atoms with Crippen LogP contribution in [0, 0.1) is 5.41 Å². The van der Waals surface area contributed by atoms with E-state index < -0.39 is 55.7 Å². The normalized spacial score (nSPS) is 11.8. The van der Waals surface area contributed by atoms with Gasteiger partial charge in [0.1, 0.15) is 57.5 Å². The van der Waals surface area contributed by atoms with Crippen LogP contribution in [0.15, 0.2) is 97.1 Å². The molecule has 8 aromatic rings. The molecule has 16 heteroatoms. The van der Waals surface area contributed by atoms with Crippen LogP contribution in [-0.2, 0) is 90.0 Å². The highest BCUT2D eigenvalue weighted by atomic mass is 16.6. The topological polar surface area (TPSA) is 184 Å². The summed E-state index contributed by atoms with van der Waals surface area (Å²) in [5, 5.41) is 0. The fraction of sp³-hybridized carbons (Fsp3) is 0.439. The number of benzene rings is 4. The first-order valence-electron chi connectivity index (χ1n) is 26.2. The van der Waals surface area contributed by atoms with Gasteiger partial charge in [-0.3, -0.25) is 19.2 Å². The first-order valence-corrected chi connectivity index (χ1v) is 26.2. The van der Waals surface area contributed by atoms with E-state index in [0.29, 0.717) is 49.5 Å². The number of imidazole rings is 4. The lowest BCUT2D eigenvalue weighted by Gasteiger charge is -2.31. The first kappa shape index (κ1) is 52.0. The predicted octanol–water partition coefficient (Wildman–Crippen LogP) is 7.39. The summed E-state index contributed by atoms with van der Waals surface area (Å²) in [5.74, 6) is 0.441. The van der Waals surface area contributed by atoms with Gasteiger partial charge in [-0.05, 0) is 74.2 Å². The summed E-state index contributed by atoms with van der Waals surface area (Å²) >= 11 is 0. The minimum absolute atomic E-state index is 0.0950. The third kappa shape index (κ3) is 12.8. The number of nitrogens with zero attached hydrogens (tertiary/aromatic N) is 4. The molecule has 4 aromatic heterocycles. The van der Waals surface area contributed by atoms with Crippen LogP contribution in [0.3, 0.4) is 0 Å². The Hall–Kier alpha value is -7.36. The standard InChI is InChI=1S/C57H68N8O8/c1-5-9-29-62-45-25-17-13-21-41(45)58-49(62)33-53(66)70-37-57(38-71-54(67)34-50-59-42-22-14-18-26-46(42)63(50)30-10-6-2,39-72-55(68)35-51-60-43-23-15-19-27-47(43)64(51)31-11-7-3)40-73-56(69)36-52-61-44-24-16-20-28-48(44)65(52)32-12-8-4/h13-28H,5-12,29-40H2,1-4H3/p+4. The molecule has 0 aliphatic heterocycles. The zero-order valence-electron chi connectivity index (χ0n) is 42.9. The molecule has 16 nitrogen and oxygen atoms in total. The van der Waals surface area contributed by atoms with Gasteiger partial charge in [0.15, 0.2) is 44.1 Å². The number of esters is 4. The van der Waals surface area contributed by atoms with E-state index in [9.17, 15) is 19.2 Å². The van der Waals surface area contributed by atoms with Gasteiger partial charge in [-0.1, -0.05) is 102 Å². The number of aryl methyl sites for hydroxylation is 4. The molecule has 0 atom stereocenters. The molecule has 384 valence electrons. The van der Waals surface area contributed by atoms with E-state index in [1.165, 1.54) is 0 Å². The van der Waals surface area contributed by atoms with E-state index in [1.807, 2.05) is 97.1 Å². The van der Waals surface area contributed by atoms with Gasteiger partial charge >= 0.3 is 23.9 Å². The number of carbonyl (C=O) groups excluding carboxylic acids is 4. The minimum Gasteiger partial charge on any atom is -0.464 e. The van der Waals surface area contributed by atoms with Gasteiger partial charge in [0, 0.05) is 0 Å². The van der Waals surface area contributed by atoms with Crippen LogP contribution in [0.5, 0.6) is 0 Å². The molecule has 0 saturated heterocycles. The number of aromatic amines is 4. The van der Waals surface area contributed by atoms with Crippen LogP contribution in [0.4, 0.5) is 0 Å². The maximum Gasteiger partial charge on any atom is 0.318 e. The number of para-hydroxylation sites is 8. The number of H-pyrrole nitrogens is 4. The van der Waals surface area contributed by atoms with Crippen LogP contribution in [0.25, 0.3) is 44.1 Å². The van der Waals surface area contributed by atoms with Crippen molar-refractivity contribution < 1.29 is 56.4 Å². The molecule has 0 aliphatic carbocycles. The van der Waals surface area contributed by atoms with E-state index in [4.69, 9.17) is 18.9 Å². The van der Waals surface area contributed by atoms with Crippen molar-refractivity contribution in [3.05, 3.63) is 120 Å². The molecule has 4 aromatic carbocycles. The quantitative estimate of drug-likeness (QED) is 0.0223. The second-order valence-electron chi connectivity index (χ2n) is 19.2. The summed E-state index contributed by atoms with van der Waals surface area (Å²) < 4.78 is 33.0. The summed E-state index contributed by atoms with van der Waals surface area (Å²) in [4.78, 5) is 70.2. The zero-order chi connectivity index (χ0) is 51.2. The number of hydrogen-bond acceptors (Lipinski definition) is 8. The highest BCUT2D eigenvalue weighted by Gasteiger charge is 2.40. The van der Waals surface area contributed by atoms with Crippen LogP contribution in [-0.4, -0.2) is 70.2 Å². The SMILES string of the molecule is CCCC[n+]1c(CC(=O)OCC(COC(=O)Cc2[nH]c3ccccc3[n+]2CCCC)(COC(=O)Cc2[nH]c3ccccc3[n+]2CCCC)COC(=O)Cc2[nH]c3ccccc3[n+]2CCCC)[nH]c2ccccc21. The summed E-state index contributed by atoms with van der Waals surface area (Å²) in [6, 6.07) is 31.6. The van der Waals surface area contributed by atoms with Crippen LogP contribution >= 0.6 is 0 Å². The van der Waals surface area contributed by atoms with E-state index >= 15 is 0 Å². The summed E-state index contributed by atoms with van der Waals surface area (Å²) in [7, 11) is 0. The Bertz CT molecular complexity index is 2740. The molecule has 8 rings (SSSR count). The van der Waals surface area contributed by atoms with E-state index in [-0.39, 0.29) is 25.7 Å². The highest BCUT2D eigenvalue weighted by molar-refractivity contribution is 5.78. The van der Waals surface area contributed by atoms with Crippen LogP contribution < -0.4 is 18.3 Å². The number of ether oxygens (including phenoxy) is 4. The second-order valence-corrected chi connectivity index (χ2v) is 19.2. The number of unbranched alkanes of at least 4 members (excludes halogenated alkanes) is 4. The molecular weight excluding hydrogens is 925 g/mol. The van der Waals surface area contributed by atoms with E-state index in [1.54, 1.807) is 0 Å². The van der Waals surface area contributed by atoms with Gasteiger partial charge in [-0.25, -0.2) is 38.2 Å². The lowest BCUT2D eigenvalue weighted by molar-refractivity contribution is -0.678. The van der Waals surface area contributed by atoms with Gasteiger partial charge in [-0.15, -0.1) is 0 Å². The van der Waals surface area contributed by atoms with Crippen molar-refractivity contribution in [1.29, 1.82) is 0 Å². The third-order valence-electron chi connectivity index (χ3n) is 13.5. The molecule has 4 N–H and O–H groups in total. The Morgan fingerprint density at radius 2 is 0.589 bits per heavy atom. The monoisotopic (exact) mass is 997 g/mol. The maximum absolute atomic E-state index is 14.1. The Balaban J connectivity index is 1.09. The summed E-state index contributed by atoms with van der Waals surface area (Å²) in [6.45, 7) is 9.69. The Morgan fingerprint density at radius 3 is 0.808 bits per heavy atom. The third-order valence-corrected chi connectivity index (χ3v) is 13.5. The molecular formula is C57H72N8O8+4. The van der Waals surface area contributed by atoms with Crippen molar-refractivity contribution in [3.8, 4) is 0 Å². The van der Waals surface area contributed by atoms with Crippen LogP contribution in [0.1, 0.15) is 102 Å². The number of hydrogen-bond donors (Lipinski definition) is 4. The van der Waals surface area contributed by atoms with E-state index in [2.05, 4.69) is 65.9 Å². The molecule has 0 unspecified atom stereocenters. The molecule has 0 amide bonds. The predicted molar refractivity (Wildman–Crippen MR) is 275 cm³/mol. The Kier molecular flexibility index (Phi) is 17.7. The van der Waals surface area contributed by atoms with Crippen molar-refractivity contribution in [2.75, 3.05) is 26.4 Å². The number of aromatic nitrogens is 8. The molecule has 0 aliphatic rings. The zero-order valence-corrected chi connectivity index (χ0v) is 42.9. The fourth-order valence-electron chi connectivity index (χ4n) is 9.51. The molecule has 73 heavy (non-hydrogen) atoms. The van der Waals surface area contributed by atoms with Crippen molar-refractivity contribution in [2.24, 2.45) is 5.41 Å². The van der Waals surface area contributed by atoms with Gasteiger partial charge in [0.2, 0.25) is 0 Å². The summed E-state index contributed by atoms with van der Waals surface area (Å²) in [5.41, 5.74) is 5.94. The largest absolute Gasteiger partial charge is 0.464 e. The molecule has 0 saturated carbocycles. The summed E-state index contributed by atoms with van der Waals surface area (Å²) in [6.07, 6.45) is 7.11. The first-order chi connectivity index (χ1) is 35.6. The molecule has 0 radical (unpaired) electrons. The van der Waals surface area contributed by atoms with Crippen molar-refractivity contribution in [3.63, 3.8) is 0 Å². The number of carbonyl (C=O) groups is 4. The van der Waals surface area contributed by atoms with Gasteiger partial charge in [0.25, 0.3) is 23.3 Å². The average molecular weight is 997 g/mol. The van der Waals surface area contributed by atoms with Gasteiger partial charge in [0.05, 0.1) is 26.2 Å². The minimum atomic E-state index is -1.52. The number of rotatable bonds is 28. The smallest absolute Gasteiger partial charge is 0.318 e.